The van der Waals surface area contributed by atoms with Crippen LogP contribution >= 0.6 is 23.2 Å². The molecular weight excluding hydrogens is 403 g/mol. The SMILES string of the molecule is COc1ccc(NC(=O)/C=C/c2c(C(=O)O)[nH]c3cc(Cl)cc(Cl)c23)c(C)c1. The molecule has 0 unspecified atom stereocenters. The molecule has 1 amide bonds. The molecule has 0 fully saturated rings. The second kappa shape index (κ2) is 7.96. The van der Waals surface area contributed by atoms with Crippen molar-refractivity contribution in [2.24, 2.45) is 0 Å². The van der Waals surface area contributed by atoms with Crippen molar-refractivity contribution in [2.45, 2.75) is 6.92 Å². The minimum atomic E-state index is -1.17. The quantitative estimate of drug-likeness (QED) is 0.500. The summed E-state index contributed by atoms with van der Waals surface area (Å²) < 4.78 is 5.14. The average Bonchev–Trinajstić information content (AvgIpc) is 3.00. The monoisotopic (exact) mass is 418 g/mol. The van der Waals surface area contributed by atoms with Crippen LogP contribution in [-0.4, -0.2) is 29.1 Å². The number of carbonyl (C=O) groups is 2. The second-order valence-electron chi connectivity index (χ2n) is 6.03. The van der Waals surface area contributed by atoms with Crippen molar-refractivity contribution >= 4 is 57.7 Å². The van der Waals surface area contributed by atoms with E-state index in [0.29, 0.717) is 32.9 Å². The normalized spacial score (nSPS) is 11.1. The number of ether oxygens (including phenoxy) is 1. The van der Waals surface area contributed by atoms with Crippen LogP contribution in [-0.2, 0) is 4.79 Å². The minimum absolute atomic E-state index is 0.0798. The fraction of sp³-hybridized carbons (Fsp3) is 0.100. The Morgan fingerprint density at radius 3 is 2.61 bits per heavy atom. The minimum Gasteiger partial charge on any atom is -0.497 e. The highest BCUT2D eigenvalue weighted by molar-refractivity contribution is 6.39. The standard InChI is InChI=1S/C20H16Cl2N2O4/c1-10-7-12(28-2)3-5-15(10)23-17(25)6-4-13-18-14(22)8-11(21)9-16(18)24-19(13)20(26)27/h3-9,24H,1-2H3,(H,23,25)(H,26,27)/b6-4+. The van der Waals surface area contributed by atoms with E-state index in [0.717, 1.165) is 5.56 Å². The van der Waals surface area contributed by atoms with Crippen LogP contribution in [0.2, 0.25) is 10.0 Å². The number of hydrogen-bond donors (Lipinski definition) is 3. The molecule has 0 aliphatic carbocycles. The maximum Gasteiger partial charge on any atom is 0.352 e. The van der Waals surface area contributed by atoms with Crippen molar-refractivity contribution in [3.05, 3.63) is 63.3 Å². The van der Waals surface area contributed by atoms with Gasteiger partial charge in [0.25, 0.3) is 0 Å². The highest BCUT2D eigenvalue weighted by Gasteiger charge is 2.18. The molecule has 2 aromatic carbocycles. The van der Waals surface area contributed by atoms with E-state index in [1.165, 1.54) is 18.2 Å². The fourth-order valence-electron chi connectivity index (χ4n) is 2.85. The van der Waals surface area contributed by atoms with Gasteiger partial charge in [-0.3, -0.25) is 4.79 Å². The number of anilines is 1. The van der Waals surface area contributed by atoms with E-state index in [4.69, 9.17) is 27.9 Å². The number of H-pyrrole nitrogens is 1. The summed E-state index contributed by atoms with van der Waals surface area (Å²) in [4.78, 5) is 26.7. The third-order valence-corrected chi connectivity index (χ3v) is 4.68. The van der Waals surface area contributed by atoms with Crippen LogP contribution in [0.1, 0.15) is 21.6 Å². The van der Waals surface area contributed by atoms with Crippen LogP contribution in [0.5, 0.6) is 5.75 Å². The molecule has 1 heterocycles. The van der Waals surface area contributed by atoms with Gasteiger partial charge in [-0.15, -0.1) is 0 Å². The number of aryl methyl sites for hydroxylation is 1. The highest BCUT2D eigenvalue weighted by atomic mass is 35.5. The van der Waals surface area contributed by atoms with Crippen molar-refractivity contribution in [1.29, 1.82) is 0 Å². The number of nitrogens with one attached hydrogen (secondary N) is 2. The second-order valence-corrected chi connectivity index (χ2v) is 6.88. The Bertz CT molecular complexity index is 1120. The van der Waals surface area contributed by atoms with Crippen LogP contribution in [0.25, 0.3) is 17.0 Å². The van der Waals surface area contributed by atoms with Gasteiger partial charge in [0.2, 0.25) is 5.91 Å². The molecule has 0 radical (unpaired) electrons. The number of aromatic carboxylic acids is 1. The van der Waals surface area contributed by atoms with E-state index in [-0.39, 0.29) is 10.7 Å². The zero-order valence-electron chi connectivity index (χ0n) is 15.0. The van der Waals surface area contributed by atoms with Crippen LogP contribution < -0.4 is 10.1 Å². The number of amides is 1. The number of hydrogen-bond acceptors (Lipinski definition) is 3. The van der Waals surface area contributed by atoms with Gasteiger partial charge in [0, 0.05) is 33.3 Å². The van der Waals surface area contributed by atoms with Crippen LogP contribution in [0, 0.1) is 6.92 Å². The number of carboxylic acids is 1. The molecule has 0 saturated heterocycles. The van der Waals surface area contributed by atoms with Gasteiger partial charge < -0.3 is 20.1 Å². The Labute approximate surface area is 170 Å². The molecule has 0 aliphatic rings. The predicted molar refractivity (Wildman–Crippen MR) is 111 cm³/mol. The summed E-state index contributed by atoms with van der Waals surface area (Å²) >= 11 is 12.2. The summed E-state index contributed by atoms with van der Waals surface area (Å²) in [6, 6.07) is 8.35. The largest absolute Gasteiger partial charge is 0.497 e. The molecular formula is C20H16Cl2N2O4. The lowest BCUT2D eigenvalue weighted by Gasteiger charge is -2.08. The van der Waals surface area contributed by atoms with Crippen molar-refractivity contribution in [1.82, 2.24) is 4.98 Å². The average molecular weight is 419 g/mol. The van der Waals surface area contributed by atoms with E-state index in [1.807, 2.05) is 6.92 Å². The molecule has 3 N–H and O–H groups in total. The molecule has 1 aromatic heterocycles. The summed E-state index contributed by atoms with van der Waals surface area (Å²) in [5.74, 6) is -0.900. The summed E-state index contributed by atoms with van der Waals surface area (Å²) in [6.07, 6.45) is 2.67. The summed E-state index contributed by atoms with van der Waals surface area (Å²) in [5.41, 5.74) is 2.14. The topological polar surface area (TPSA) is 91.4 Å². The predicted octanol–water partition coefficient (Wildman–Crippen LogP) is 5.14. The molecule has 144 valence electrons. The van der Waals surface area contributed by atoms with Crippen molar-refractivity contribution in [3.8, 4) is 5.75 Å². The molecule has 28 heavy (non-hydrogen) atoms. The van der Waals surface area contributed by atoms with Crippen LogP contribution in [0.3, 0.4) is 0 Å². The third kappa shape index (κ3) is 3.98. The van der Waals surface area contributed by atoms with E-state index < -0.39 is 11.9 Å². The molecule has 6 nitrogen and oxygen atoms in total. The Hall–Kier alpha value is -2.96. The van der Waals surface area contributed by atoms with E-state index in [2.05, 4.69) is 10.3 Å². The van der Waals surface area contributed by atoms with Gasteiger partial charge in [-0.25, -0.2) is 4.79 Å². The summed E-state index contributed by atoms with van der Waals surface area (Å²) in [7, 11) is 1.56. The molecule has 0 atom stereocenters. The smallest absolute Gasteiger partial charge is 0.352 e. The van der Waals surface area contributed by atoms with E-state index in [1.54, 1.807) is 31.4 Å². The third-order valence-electron chi connectivity index (χ3n) is 4.16. The number of fused-ring (bicyclic) bond motifs is 1. The van der Waals surface area contributed by atoms with E-state index in [9.17, 15) is 14.7 Å². The summed E-state index contributed by atoms with van der Waals surface area (Å²) in [5, 5.41) is 13.4. The van der Waals surface area contributed by atoms with Gasteiger partial charge in [0.1, 0.15) is 11.4 Å². The van der Waals surface area contributed by atoms with Gasteiger partial charge in [-0.05, 0) is 48.9 Å². The van der Waals surface area contributed by atoms with Gasteiger partial charge in [0.05, 0.1) is 12.1 Å². The van der Waals surface area contributed by atoms with Gasteiger partial charge in [-0.2, -0.15) is 0 Å². The van der Waals surface area contributed by atoms with Crippen molar-refractivity contribution in [3.63, 3.8) is 0 Å². The number of benzene rings is 2. The maximum absolute atomic E-state index is 12.3. The number of carbonyl (C=O) groups excluding carboxylic acids is 1. The van der Waals surface area contributed by atoms with Crippen molar-refractivity contribution < 1.29 is 19.4 Å². The van der Waals surface area contributed by atoms with Crippen LogP contribution in [0.4, 0.5) is 5.69 Å². The van der Waals surface area contributed by atoms with Gasteiger partial charge >= 0.3 is 5.97 Å². The maximum atomic E-state index is 12.3. The number of aromatic amines is 1. The van der Waals surface area contributed by atoms with Crippen LogP contribution in [0.15, 0.2) is 36.4 Å². The van der Waals surface area contributed by atoms with Gasteiger partial charge in [0.15, 0.2) is 0 Å². The molecule has 0 spiro atoms. The van der Waals surface area contributed by atoms with Crippen molar-refractivity contribution in [2.75, 3.05) is 12.4 Å². The lowest BCUT2D eigenvalue weighted by atomic mass is 10.1. The molecule has 0 aliphatic heterocycles. The molecule has 3 rings (SSSR count). The first-order chi connectivity index (χ1) is 13.3. The Morgan fingerprint density at radius 2 is 1.96 bits per heavy atom. The number of methoxy groups -OCH3 is 1. The lowest BCUT2D eigenvalue weighted by Crippen LogP contribution is -2.09. The summed E-state index contributed by atoms with van der Waals surface area (Å²) in [6.45, 7) is 1.84. The number of carboxylic acid groups (broad SMARTS) is 1. The lowest BCUT2D eigenvalue weighted by molar-refractivity contribution is -0.111. The zero-order valence-corrected chi connectivity index (χ0v) is 16.5. The first kappa shape index (κ1) is 19.8. The molecule has 3 aromatic rings. The molecule has 0 saturated carbocycles. The number of rotatable bonds is 5. The molecule has 0 bridgehead atoms. The highest BCUT2D eigenvalue weighted by Crippen LogP contribution is 2.33. The zero-order chi connectivity index (χ0) is 20.4. The Balaban J connectivity index is 1.93. The Morgan fingerprint density at radius 1 is 1.21 bits per heavy atom. The number of halogens is 2. The number of aromatic nitrogens is 1. The first-order valence-corrected chi connectivity index (χ1v) is 8.93. The first-order valence-electron chi connectivity index (χ1n) is 8.18. The van der Waals surface area contributed by atoms with Gasteiger partial charge in [-0.1, -0.05) is 23.2 Å². The fourth-order valence-corrected chi connectivity index (χ4v) is 3.44. The molecule has 8 heteroatoms. The van der Waals surface area contributed by atoms with E-state index >= 15 is 0 Å². The Kier molecular flexibility index (Phi) is 5.63.